The molecule has 14 nitrogen and oxygen atoms in total. The van der Waals surface area contributed by atoms with E-state index in [1.165, 1.54) is 16.4 Å². The Balaban J connectivity index is 1.25. The summed E-state index contributed by atoms with van der Waals surface area (Å²) >= 11 is 0. The first-order chi connectivity index (χ1) is 34.6. The topological polar surface area (TPSA) is 183 Å². The molecule has 1 aliphatic heterocycles. The summed E-state index contributed by atoms with van der Waals surface area (Å²) in [6.07, 6.45) is 10.1. The molecule has 1 saturated carbocycles. The molecule has 5 aromatic carbocycles. The summed E-state index contributed by atoms with van der Waals surface area (Å²) in [5.74, 6) is -1.01. The largest absolute Gasteiger partial charge is 0.460 e. The van der Waals surface area contributed by atoms with Gasteiger partial charge in [0, 0.05) is 61.4 Å². The smallest absolute Gasteiger partial charge is 0.269 e. The second kappa shape index (κ2) is 21.9. The number of sulfonamides is 1. The zero-order valence-electron chi connectivity index (χ0n) is 39.8. The lowest BCUT2D eigenvalue weighted by atomic mass is 9.55. The third-order valence-electron chi connectivity index (χ3n) is 14.1. The van der Waals surface area contributed by atoms with Crippen molar-refractivity contribution in [1.29, 1.82) is 0 Å². The van der Waals surface area contributed by atoms with Gasteiger partial charge in [-0.1, -0.05) is 85.6 Å². The second-order valence-corrected chi connectivity index (χ2v) is 20.4. The summed E-state index contributed by atoms with van der Waals surface area (Å²) < 4.78 is 54.1. The molecule has 1 fully saturated rings. The van der Waals surface area contributed by atoms with Gasteiger partial charge in [0.2, 0.25) is 15.8 Å². The van der Waals surface area contributed by atoms with Crippen LogP contribution in [0, 0.1) is 27.9 Å². The van der Waals surface area contributed by atoms with E-state index in [0.717, 1.165) is 41.2 Å². The van der Waals surface area contributed by atoms with E-state index >= 15 is 8.42 Å². The van der Waals surface area contributed by atoms with Crippen LogP contribution in [-0.2, 0) is 26.2 Å². The number of benzene rings is 5. The fourth-order valence-corrected chi connectivity index (χ4v) is 12.9. The molecule has 9 rings (SSSR count). The lowest BCUT2D eigenvalue weighted by Crippen LogP contribution is -2.70. The summed E-state index contributed by atoms with van der Waals surface area (Å²) in [5, 5.41) is 39.3. The number of hydrogen-bond acceptors (Lipinski definition) is 12. The molecule has 2 N–H and O–H groups in total. The number of nitro benzene ring substituents is 1. The van der Waals surface area contributed by atoms with Crippen molar-refractivity contribution in [2.24, 2.45) is 22.9 Å². The number of non-ortho nitro benzene ring substituents is 1. The van der Waals surface area contributed by atoms with E-state index in [0.29, 0.717) is 65.1 Å². The number of nitro groups is 1. The number of oxime groups is 1. The Labute approximate surface area is 414 Å². The third-order valence-corrected chi connectivity index (χ3v) is 16.1. The van der Waals surface area contributed by atoms with Crippen molar-refractivity contribution in [3.05, 3.63) is 167 Å². The molecule has 2 aliphatic carbocycles. The van der Waals surface area contributed by atoms with E-state index in [-0.39, 0.29) is 67.7 Å². The predicted molar refractivity (Wildman–Crippen MR) is 273 cm³/mol. The van der Waals surface area contributed by atoms with Gasteiger partial charge in [-0.25, -0.2) is 8.42 Å². The van der Waals surface area contributed by atoms with Crippen molar-refractivity contribution in [1.82, 2.24) is 9.29 Å². The number of allylic oxidation sites excluding steroid dienone is 1. The Morgan fingerprint density at radius 3 is 2.39 bits per heavy atom. The molecule has 0 amide bonds. The highest BCUT2D eigenvalue weighted by molar-refractivity contribution is 7.89. The molecule has 0 unspecified atom stereocenters. The number of unbranched alkanes of at least 4 members (excludes halogenated alkanes) is 2. The lowest BCUT2D eigenvalue weighted by Gasteiger charge is -2.59. The first-order valence-corrected chi connectivity index (χ1v) is 26.0. The maximum atomic E-state index is 15.7. The summed E-state index contributed by atoms with van der Waals surface area (Å²) in [4.78, 5) is 21.8. The van der Waals surface area contributed by atoms with E-state index in [4.69, 9.17) is 24.2 Å². The number of ether oxygens (including phenoxy) is 3. The monoisotopic (exact) mass is 980 g/mol. The maximum absolute atomic E-state index is 15.7. The molecule has 0 saturated heterocycles. The van der Waals surface area contributed by atoms with Gasteiger partial charge in [0.15, 0.2) is 0 Å². The van der Waals surface area contributed by atoms with Crippen molar-refractivity contribution in [3.63, 3.8) is 0 Å². The minimum absolute atomic E-state index is 0.0111. The molecule has 3 aliphatic rings. The average Bonchev–Trinajstić information content (AvgIpc) is 3.38. The summed E-state index contributed by atoms with van der Waals surface area (Å²) in [6, 6.07) is 33.7. The summed E-state index contributed by atoms with van der Waals surface area (Å²) in [7, 11) is -4.37. The summed E-state index contributed by atoms with van der Waals surface area (Å²) in [6.45, 7) is 6.17. The molecular formula is C56H60N4O10S. The van der Waals surface area contributed by atoms with Crippen molar-refractivity contribution >= 4 is 43.1 Å². The van der Waals surface area contributed by atoms with Crippen LogP contribution in [0.5, 0.6) is 17.2 Å². The van der Waals surface area contributed by atoms with Crippen LogP contribution in [0.25, 0.3) is 21.7 Å². The fraction of sp³-hybridized carbons (Fsp3) is 0.357. The Hall–Kier alpha value is -6.49. The number of fused-ring (bicyclic) bond motifs is 4. The van der Waals surface area contributed by atoms with Gasteiger partial charge in [0.25, 0.3) is 5.69 Å². The number of aromatic nitrogens is 1. The molecule has 15 heteroatoms. The van der Waals surface area contributed by atoms with Crippen molar-refractivity contribution in [2.45, 2.75) is 87.5 Å². The molecule has 6 aromatic rings. The molecule has 71 heavy (non-hydrogen) atoms. The van der Waals surface area contributed by atoms with Gasteiger partial charge in [0.05, 0.1) is 34.7 Å². The average molecular weight is 981 g/mol. The Morgan fingerprint density at radius 2 is 1.63 bits per heavy atom. The highest BCUT2D eigenvalue weighted by Crippen LogP contribution is 2.62. The number of rotatable bonds is 22. The first kappa shape index (κ1) is 49.5. The van der Waals surface area contributed by atoms with Crippen LogP contribution in [0.1, 0.15) is 75.3 Å². The fourth-order valence-electron chi connectivity index (χ4n) is 11.0. The highest BCUT2D eigenvalue weighted by atomic mass is 32.2. The van der Waals surface area contributed by atoms with Gasteiger partial charge in [-0.3, -0.25) is 15.1 Å². The lowest BCUT2D eigenvalue weighted by molar-refractivity contribution is -0.384. The SMILES string of the molecule is C=CCO[C@@]12Oc3ccc(Oc4ccc5ccccc5c4)cc3[C@H]3[C@H](CCCCO)[C@@H](CCCCO)C=C(C(=NOCc4ccc([N+](=O)[O-])cc4)C[C@@H]1N(CCC)S(=O)(=O)c1cccc4cccnc14)[C@H]32. The van der Waals surface area contributed by atoms with Crippen LogP contribution in [0.15, 0.2) is 156 Å². The summed E-state index contributed by atoms with van der Waals surface area (Å²) in [5.41, 5.74) is 3.14. The Morgan fingerprint density at radius 1 is 0.901 bits per heavy atom. The van der Waals surface area contributed by atoms with Crippen LogP contribution in [0.4, 0.5) is 5.69 Å². The molecular weight excluding hydrogens is 921 g/mol. The first-order valence-electron chi connectivity index (χ1n) is 24.6. The number of hydrogen-bond donors (Lipinski definition) is 2. The van der Waals surface area contributed by atoms with Crippen molar-refractivity contribution < 1.29 is 42.6 Å². The van der Waals surface area contributed by atoms with Crippen LogP contribution >= 0.6 is 0 Å². The van der Waals surface area contributed by atoms with Crippen molar-refractivity contribution in [3.8, 4) is 17.2 Å². The number of aliphatic hydroxyl groups excluding tert-OH is 2. The van der Waals surface area contributed by atoms with Crippen LogP contribution in [-0.4, -0.2) is 76.7 Å². The van der Waals surface area contributed by atoms with E-state index in [1.54, 1.807) is 42.6 Å². The molecule has 0 spiro atoms. The molecule has 0 radical (unpaired) electrons. The van der Waals surface area contributed by atoms with Crippen molar-refractivity contribution in [2.75, 3.05) is 26.4 Å². The maximum Gasteiger partial charge on any atom is 0.269 e. The van der Waals surface area contributed by atoms with E-state index < -0.39 is 32.7 Å². The number of para-hydroxylation sites is 1. The Bertz CT molecular complexity index is 3050. The molecule has 0 bridgehead atoms. The predicted octanol–water partition coefficient (Wildman–Crippen LogP) is 11.0. The molecule has 1 aromatic heterocycles. The van der Waals surface area contributed by atoms with Gasteiger partial charge >= 0.3 is 0 Å². The van der Waals surface area contributed by atoms with Gasteiger partial charge < -0.3 is 29.3 Å². The zero-order valence-corrected chi connectivity index (χ0v) is 40.7. The van der Waals surface area contributed by atoms with Gasteiger partial charge in [-0.2, -0.15) is 4.31 Å². The second-order valence-electron chi connectivity index (χ2n) is 18.5. The van der Waals surface area contributed by atoms with E-state index in [2.05, 4.69) is 23.7 Å². The van der Waals surface area contributed by atoms with Crippen LogP contribution in [0.2, 0.25) is 0 Å². The van der Waals surface area contributed by atoms with Gasteiger partial charge in [-0.05, 0) is 120 Å². The minimum Gasteiger partial charge on any atom is -0.460 e. The standard InChI is InChI=1S/C56H60N4O10S/c1-3-29-59(71(65,66)51-19-11-16-40-17-12-28-57-55(40)51)52-36-49(58-68-37-38-20-23-43(24-21-38)60(63)64)47-34-42(15-7-9-30-61)46(18-8-10-31-62)53-48-35-45(69-44-25-22-39-13-5-6-14-41(39)33-44)26-27-50(48)70-56(52,54(47)53)67-32-4-2/h4-6,11-14,16-17,19-28,33-35,42,46,52-54,61-62H,2-3,7-10,15,18,29-32,36-37H2,1H3/t42-,46+,52-,53+,54+,56+/m0/s1. The molecule has 2 heterocycles. The van der Waals surface area contributed by atoms with Gasteiger partial charge in [0.1, 0.15) is 28.8 Å². The zero-order chi connectivity index (χ0) is 49.5. The molecule has 6 atom stereocenters. The highest BCUT2D eigenvalue weighted by Gasteiger charge is 2.66. The third kappa shape index (κ3) is 10.1. The van der Waals surface area contributed by atoms with Gasteiger partial charge in [-0.15, -0.1) is 6.58 Å². The Kier molecular flexibility index (Phi) is 15.2. The number of nitrogens with zero attached hydrogens (tertiary/aromatic N) is 4. The van der Waals surface area contributed by atoms with Crippen LogP contribution < -0.4 is 9.47 Å². The minimum atomic E-state index is -4.37. The number of aliphatic hydroxyl groups is 2. The van der Waals surface area contributed by atoms with Crippen LogP contribution in [0.3, 0.4) is 0 Å². The normalized spacial score (nSPS) is 22.1. The molecule has 370 valence electrons. The van der Waals surface area contributed by atoms with E-state index in [1.807, 2.05) is 73.7 Å². The quantitative estimate of drug-likeness (QED) is 0.0286. The van der Waals surface area contributed by atoms with E-state index in [9.17, 15) is 20.3 Å². The number of pyridine rings is 1.